The first-order valence-electron chi connectivity index (χ1n) is 6.62. The molecule has 0 radical (unpaired) electrons. The molecule has 3 rings (SSSR count). The third-order valence-corrected chi connectivity index (χ3v) is 4.28. The van der Waals surface area contributed by atoms with Crippen molar-refractivity contribution in [2.24, 2.45) is 0 Å². The van der Waals surface area contributed by atoms with Crippen molar-refractivity contribution in [3.8, 4) is 10.8 Å². The van der Waals surface area contributed by atoms with Crippen LogP contribution in [0.2, 0.25) is 0 Å². The van der Waals surface area contributed by atoms with E-state index in [2.05, 4.69) is 31.4 Å². The minimum absolute atomic E-state index is 0.0850. The number of nitrogens with zero attached hydrogens (tertiary/aromatic N) is 2. The smallest absolute Gasteiger partial charge is 0.257 e. The Hall–Kier alpha value is -1.99. The zero-order valence-corrected chi connectivity index (χ0v) is 13.9. The molecule has 1 amide bonds. The predicted molar refractivity (Wildman–Crippen MR) is 88.7 cm³/mol. The molecule has 3 aromatic rings. The van der Waals surface area contributed by atoms with Crippen LogP contribution in [0.4, 0.5) is 5.69 Å². The van der Waals surface area contributed by atoms with E-state index in [1.54, 1.807) is 0 Å². The fraction of sp³-hybridized carbons (Fsp3) is 0.133. The molecule has 0 aliphatic carbocycles. The topological polar surface area (TPSA) is 68.0 Å². The number of aromatic nitrogens is 2. The van der Waals surface area contributed by atoms with Gasteiger partial charge in [-0.2, -0.15) is 0 Å². The zero-order chi connectivity index (χ0) is 15.4. The van der Waals surface area contributed by atoms with Gasteiger partial charge in [-0.1, -0.05) is 22.0 Å². The van der Waals surface area contributed by atoms with Crippen molar-refractivity contribution in [1.82, 2.24) is 10.2 Å². The van der Waals surface area contributed by atoms with Crippen molar-refractivity contribution < 1.29 is 9.21 Å². The van der Waals surface area contributed by atoms with E-state index < -0.39 is 0 Å². The lowest BCUT2D eigenvalue weighted by Gasteiger charge is -2.03. The Morgan fingerprint density at radius 3 is 2.77 bits per heavy atom. The Balaban J connectivity index is 1.54. The SMILES string of the molecule is O=C(CCc1nnc(-c2cccs2)o1)Nc1ccc(Br)cc1. The van der Waals surface area contributed by atoms with Gasteiger partial charge in [-0.15, -0.1) is 21.5 Å². The van der Waals surface area contributed by atoms with Crippen LogP contribution >= 0.6 is 27.3 Å². The van der Waals surface area contributed by atoms with Gasteiger partial charge in [0, 0.05) is 23.0 Å². The van der Waals surface area contributed by atoms with Gasteiger partial charge >= 0.3 is 0 Å². The quantitative estimate of drug-likeness (QED) is 0.725. The van der Waals surface area contributed by atoms with Crippen LogP contribution in [0.3, 0.4) is 0 Å². The van der Waals surface area contributed by atoms with Crippen molar-refractivity contribution in [2.75, 3.05) is 5.32 Å². The van der Waals surface area contributed by atoms with Gasteiger partial charge in [0.2, 0.25) is 11.8 Å². The molecular weight excluding hydrogens is 366 g/mol. The lowest BCUT2D eigenvalue weighted by atomic mass is 10.2. The molecule has 1 aromatic carbocycles. The third kappa shape index (κ3) is 3.80. The number of carbonyl (C=O) groups is 1. The average Bonchev–Trinajstić information content (AvgIpc) is 3.18. The molecule has 2 heterocycles. The summed E-state index contributed by atoms with van der Waals surface area (Å²) in [6.07, 6.45) is 0.711. The Labute approximate surface area is 139 Å². The molecule has 0 unspecified atom stereocenters. The van der Waals surface area contributed by atoms with Crippen molar-refractivity contribution in [3.63, 3.8) is 0 Å². The van der Waals surface area contributed by atoms with Crippen molar-refractivity contribution in [3.05, 3.63) is 52.1 Å². The molecule has 22 heavy (non-hydrogen) atoms. The predicted octanol–water partition coefficient (Wildman–Crippen LogP) is 4.13. The Bertz CT molecular complexity index is 753. The van der Waals surface area contributed by atoms with Gasteiger partial charge in [0.15, 0.2) is 0 Å². The van der Waals surface area contributed by atoms with Crippen LogP contribution in [0.25, 0.3) is 10.8 Å². The van der Waals surface area contributed by atoms with Gasteiger partial charge in [0.25, 0.3) is 5.89 Å². The summed E-state index contributed by atoms with van der Waals surface area (Å²) in [4.78, 5) is 12.8. The van der Waals surface area contributed by atoms with Crippen LogP contribution in [0, 0.1) is 0 Å². The van der Waals surface area contributed by atoms with Crippen LogP contribution in [-0.4, -0.2) is 16.1 Å². The average molecular weight is 378 g/mol. The van der Waals surface area contributed by atoms with E-state index in [0.29, 0.717) is 24.6 Å². The summed E-state index contributed by atoms with van der Waals surface area (Å²) in [5, 5.41) is 12.7. The van der Waals surface area contributed by atoms with E-state index >= 15 is 0 Å². The first kappa shape index (κ1) is 14.9. The van der Waals surface area contributed by atoms with Gasteiger partial charge in [-0.05, 0) is 35.7 Å². The number of thiophene rings is 1. The molecule has 0 saturated heterocycles. The fourth-order valence-corrected chi connectivity index (χ4v) is 2.74. The Morgan fingerprint density at radius 2 is 2.05 bits per heavy atom. The highest BCUT2D eigenvalue weighted by Gasteiger charge is 2.11. The van der Waals surface area contributed by atoms with Crippen LogP contribution < -0.4 is 5.32 Å². The number of nitrogens with one attached hydrogen (secondary N) is 1. The highest BCUT2D eigenvalue weighted by atomic mass is 79.9. The van der Waals surface area contributed by atoms with Crippen LogP contribution in [0.5, 0.6) is 0 Å². The van der Waals surface area contributed by atoms with Crippen molar-refractivity contribution >= 4 is 38.9 Å². The van der Waals surface area contributed by atoms with E-state index in [1.165, 1.54) is 11.3 Å². The van der Waals surface area contributed by atoms with Crippen molar-refractivity contribution in [2.45, 2.75) is 12.8 Å². The van der Waals surface area contributed by atoms with E-state index in [1.807, 2.05) is 41.8 Å². The standard InChI is InChI=1S/C15H12BrN3O2S/c16-10-3-5-11(6-4-10)17-13(20)7-8-14-18-19-15(21-14)12-2-1-9-22-12/h1-6,9H,7-8H2,(H,17,20). The molecule has 112 valence electrons. The van der Waals surface area contributed by atoms with Crippen LogP contribution in [-0.2, 0) is 11.2 Å². The summed E-state index contributed by atoms with van der Waals surface area (Å²) in [6.45, 7) is 0. The van der Waals surface area contributed by atoms with Gasteiger partial charge in [-0.3, -0.25) is 4.79 Å². The summed E-state index contributed by atoms with van der Waals surface area (Å²) in [6, 6.07) is 11.3. The second-order valence-corrected chi connectivity index (χ2v) is 6.40. The maximum absolute atomic E-state index is 11.9. The van der Waals surface area contributed by atoms with Gasteiger partial charge in [0.05, 0.1) is 4.88 Å². The summed E-state index contributed by atoms with van der Waals surface area (Å²) >= 11 is 4.89. The maximum Gasteiger partial charge on any atom is 0.257 e. The second kappa shape index (κ2) is 6.85. The summed E-state index contributed by atoms with van der Waals surface area (Å²) < 4.78 is 6.52. The number of rotatable bonds is 5. The molecule has 0 fully saturated rings. The van der Waals surface area contributed by atoms with E-state index in [0.717, 1.165) is 15.0 Å². The first-order chi connectivity index (χ1) is 10.7. The van der Waals surface area contributed by atoms with E-state index in [-0.39, 0.29) is 5.91 Å². The van der Waals surface area contributed by atoms with Gasteiger partial charge < -0.3 is 9.73 Å². The number of benzene rings is 1. The summed E-state index contributed by atoms with van der Waals surface area (Å²) in [5.74, 6) is 0.880. The summed E-state index contributed by atoms with van der Waals surface area (Å²) in [5.41, 5.74) is 0.762. The lowest BCUT2D eigenvalue weighted by molar-refractivity contribution is -0.116. The lowest BCUT2D eigenvalue weighted by Crippen LogP contribution is -2.12. The zero-order valence-electron chi connectivity index (χ0n) is 11.5. The fourth-order valence-electron chi connectivity index (χ4n) is 1.83. The maximum atomic E-state index is 11.9. The number of halogens is 1. The first-order valence-corrected chi connectivity index (χ1v) is 8.29. The number of carbonyl (C=O) groups excluding carboxylic acids is 1. The van der Waals surface area contributed by atoms with E-state index in [4.69, 9.17) is 4.42 Å². The molecule has 0 atom stereocenters. The van der Waals surface area contributed by atoms with Gasteiger partial charge in [-0.25, -0.2) is 0 Å². The number of anilines is 1. The summed E-state index contributed by atoms with van der Waals surface area (Å²) in [7, 11) is 0. The number of hydrogen-bond donors (Lipinski definition) is 1. The molecule has 0 aliphatic heterocycles. The highest BCUT2D eigenvalue weighted by molar-refractivity contribution is 9.10. The Morgan fingerprint density at radius 1 is 1.23 bits per heavy atom. The molecule has 1 N–H and O–H groups in total. The Kier molecular flexibility index (Phi) is 4.65. The molecule has 0 bridgehead atoms. The number of amides is 1. The minimum atomic E-state index is -0.0850. The molecule has 5 nitrogen and oxygen atoms in total. The second-order valence-electron chi connectivity index (χ2n) is 4.53. The third-order valence-electron chi connectivity index (χ3n) is 2.89. The molecule has 0 aliphatic rings. The molecule has 0 spiro atoms. The monoisotopic (exact) mass is 377 g/mol. The molecular formula is C15H12BrN3O2S. The molecule has 7 heteroatoms. The normalized spacial score (nSPS) is 10.6. The van der Waals surface area contributed by atoms with Crippen molar-refractivity contribution in [1.29, 1.82) is 0 Å². The van der Waals surface area contributed by atoms with Crippen LogP contribution in [0.1, 0.15) is 12.3 Å². The highest BCUT2D eigenvalue weighted by Crippen LogP contribution is 2.23. The minimum Gasteiger partial charge on any atom is -0.420 e. The largest absolute Gasteiger partial charge is 0.420 e. The molecule has 2 aromatic heterocycles. The van der Waals surface area contributed by atoms with Gasteiger partial charge in [0.1, 0.15) is 0 Å². The number of hydrogen-bond acceptors (Lipinski definition) is 5. The van der Waals surface area contributed by atoms with E-state index in [9.17, 15) is 4.79 Å². The van der Waals surface area contributed by atoms with Crippen LogP contribution in [0.15, 0.2) is 50.7 Å². The molecule has 0 saturated carbocycles. The number of aryl methyl sites for hydroxylation is 1.